The highest BCUT2D eigenvalue weighted by atomic mass is 16.4. The standard InChI is InChI=1S/C16H18N2O3/c1-10(19)12-6-11-7-13(17-9-14(11)18-8-12)4-5-16(2,3)15(20)21/h4-10,19H,1-3H3,(H,20,21)/b5-4+/t10-/m1/s1. The summed E-state index contributed by atoms with van der Waals surface area (Å²) in [4.78, 5) is 19.5. The first-order valence-corrected chi connectivity index (χ1v) is 6.66. The molecule has 2 heterocycles. The van der Waals surface area contributed by atoms with Crippen LogP contribution in [0.25, 0.3) is 17.0 Å². The van der Waals surface area contributed by atoms with Crippen LogP contribution in [-0.4, -0.2) is 26.2 Å². The molecule has 1 atom stereocenters. The molecule has 0 unspecified atom stereocenters. The lowest BCUT2D eigenvalue weighted by atomic mass is 9.93. The van der Waals surface area contributed by atoms with E-state index in [2.05, 4.69) is 9.97 Å². The maximum atomic E-state index is 11.1. The first-order chi connectivity index (χ1) is 9.79. The normalized spacial score (nSPS) is 13.7. The quantitative estimate of drug-likeness (QED) is 0.903. The summed E-state index contributed by atoms with van der Waals surface area (Å²) >= 11 is 0. The second-order valence-electron chi connectivity index (χ2n) is 5.61. The van der Waals surface area contributed by atoms with Crippen LogP contribution in [0.5, 0.6) is 0 Å². The molecule has 0 saturated carbocycles. The largest absolute Gasteiger partial charge is 0.481 e. The van der Waals surface area contributed by atoms with Crippen LogP contribution >= 0.6 is 0 Å². The summed E-state index contributed by atoms with van der Waals surface area (Å²) in [7, 11) is 0. The number of carbonyl (C=O) groups is 1. The number of aliphatic hydroxyl groups excluding tert-OH is 1. The molecule has 0 aliphatic carbocycles. The van der Waals surface area contributed by atoms with Crippen molar-refractivity contribution in [2.75, 3.05) is 0 Å². The van der Waals surface area contributed by atoms with Crippen LogP contribution < -0.4 is 0 Å². The molecule has 0 radical (unpaired) electrons. The van der Waals surface area contributed by atoms with Crippen molar-refractivity contribution in [2.45, 2.75) is 26.9 Å². The second-order valence-corrected chi connectivity index (χ2v) is 5.61. The highest BCUT2D eigenvalue weighted by Gasteiger charge is 2.23. The van der Waals surface area contributed by atoms with E-state index < -0.39 is 17.5 Å². The SMILES string of the molecule is C[C@@H](O)c1cnc2cnc(/C=C/C(C)(C)C(=O)O)cc2c1. The van der Waals surface area contributed by atoms with Gasteiger partial charge < -0.3 is 10.2 Å². The zero-order valence-electron chi connectivity index (χ0n) is 12.2. The fourth-order valence-corrected chi connectivity index (χ4v) is 1.75. The van der Waals surface area contributed by atoms with E-state index in [-0.39, 0.29) is 0 Å². The number of hydrogen-bond acceptors (Lipinski definition) is 4. The Morgan fingerprint density at radius 3 is 2.62 bits per heavy atom. The van der Waals surface area contributed by atoms with Crippen LogP contribution in [0.15, 0.2) is 30.6 Å². The minimum absolute atomic E-state index is 0.583. The molecule has 5 nitrogen and oxygen atoms in total. The lowest BCUT2D eigenvalue weighted by molar-refractivity contribution is -0.144. The van der Waals surface area contributed by atoms with Gasteiger partial charge in [0.2, 0.25) is 0 Å². The minimum atomic E-state index is -0.948. The van der Waals surface area contributed by atoms with Crippen LogP contribution in [0.1, 0.15) is 38.1 Å². The Kier molecular flexibility index (Phi) is 4.04. The molecule has 0 saturated heterocycles. The number of aliphatic hydroxyl groups is 1. The molecule has 0 fully saturated rings. The van der Waals surface area contributed by atoms with E-state index in [1.54, 1.807) is 45.3 Å². The average Bonchev–Trinajstić information content (AvgIpc) is 2.44. The van der Waals surface area contributed by atoms with Gasteiger partial charge in [0.1, 0.15) is 0 Å². The number of carboxylic acid groups (broad SMARTS) is 1. The van der Waals surface area contributed by atoms with E-state index in [1.807, 2.05) is 12.1 Å². The van der Waals surface area contributed by atoms with Gasteiger partial charge in [0.25, 0.3) is 0 Å². The van der Waals surface area contributed by atoms with Crippen molar-refractivity contribution in [3.05, 3.63) is 41.9 Å². The molecule has 2 rings (SSSR count). The van der Waals surface area contributed by atoms with Gasteiger partial charge in [-0.05, 0) is 44.5 Å². The number of carboxylic acids is 1. The van der Waals surface area contributed by atoms with Gasteiger partial charge in [-0.15, -0.1) is 0 Å². The van der Waals surface area contributed by atoms with Crippen LogP contribution in [0.4, 0.5) is 0 Å². The molecule has 110 valence electrons. The smallest absolute Gasteiger partial charge is 0.312 e. The maximum Gasteiger partial charge on any atom is 0.312 e. The number of rotatable bonds is 4. The second kappa shape index (κ2) is 5.61. The number of hydrogen-bond donors (Lipinski definition) is 2. The molecule has 21 heavy (non-hydrogen) atoms. The van der Waals surface area contributed by atoms with Crippen molar-refractivity contribution in [3.63, 3.8) is 0 Å². The molecule has 2 aromatic rings. The van der Waals surface area contributed by atoms with Gasteiger partial charge in [-0.3, -0.25) is 14.8 Å². The van der Waals surface area contributed by atoms with E-state index >= 15 is 0 Å². The van der Waals surface area contributed by atoms with Crippen molar-refractivity contribution in [1.29, 1.82) is 0 Å². The van der Waals surface area contributed by atoms with Crippen LogP contribution in [0.2, 0.25) is 0 Å². The molecular formula is C16H18N2O3. The third-order valence-corrected chi connectivity index (χ3v) is 3.31. The fourth-order valence-electron chi connectivity index (χ4n) is 1.75. The van der Waals surface area contributed by atoms with Gasteiger partial charge in [-0.1, -0.05) is 6.08 Å². The summed E-state index contributed by atoms with van der Waals surface area (Å²) in [5, 5.41) is 19.5. The molecule has 2 aromatic heterocycles. The van der Waals surface area contributed by atoms with Gasteiger partial charge in [-0.25, -0.2) is 0 Å². The molecule has 5 heteroatoms. The van der Waals surface area contributed by atoms with Crippen molar-refractivity contribution >= 4 is 22.9 Å². The predicted molar refractivity (Wildman–Crippen MR) is 80.6 cm³/mol. The molecule has 0 aliphatic heterocycles. The topological polar surface area (TPSA) is 83.3 Å². The van der Waals surface area contributed by atoms with Crippen molar-refractivity contribution in [3.8, 4) is 0 Å². The Hall–Kier alpha value is -2.27. The third-order valence-electron chi connectivity index (χ3n) is 3.31. The van der Waals surface area contributed by atoms with Gasteiger partial charge >= 0.3 is 5.97 Å². The maximum absolute atomic E-state index is 11.1. The van der Waals surface area contributed by atoms with Gasteiger partial charge in [0.05, 0.1) is 28.9 Å². The Morgan fingerprint density at radius 1 is 1.29 bits per heavy atom. The predicted octanol–water partition coefficient (Wildman–Crippen LogP) is 2.81. The fraction of sp³-hybridized carbons (Fsp3) is 0.312. The zero-order chi connectivity index (χ0) is 15.6. The molecule has 0 aromatic carbocycles. The van der Waals surface area contributed by atoms with E-state index in [4.69, 9.17) is 5.11 Å². The number of fused-ring (bicyclic) bond motifs is 1. The van der Waals surface area contributed by atoms with Crippen LogP contribution in [-0.2, 0) is 4.79 Å². The molecule has 0 amide bonds. The van der Waals surface area contributed by atoms with Crippen LogP contribution in [0.3, 0.4) is 0 Å². The number of aliphatic carboxylic acids is 1. The first kappa shape index (κ1) is 15.1. The Bertz CT molecular complexity index is 706. The molecule has 0 bridgehead atoms. The number of aromatic nitrogens is 2. The summed E-state index contributed by atoms with van der Waals surface area (Å²) < 4.78 is 0. The zero-order valence-corrected chi connectivity index (χ0v) is 12.2. The monoisotopic (exact) mass is 286 g/mol. The highest BCUT2D eigenvalue weighted by molar-refractivity contribution is 5.81. The van der Waals surface area contributed by atoms with Gasteiger partial charge in [0, 0.05) is 11.6 Å². The average molecular weight is 286 g/mol. The molecular weight excluding hydrogens is 268 g/mol. The van der Waals surface area contributed by atoms with E-state index in [9.17, 15) is 9.90 Å². The van der Waals surface area contributed by atoms with Crippen molar-refractivity contribution in [1.82, 2.24) is 9.97 Å². The lowest BCUT2D eigenvalue weighted by Crippen LogP contribution is -2.20. The van der Waals surface area contributed by atoms with Crippen LogP contribution in [0, 0.1) is 5.41 Å². The summed E-state index contributed by atoms with van der Waals surface area (Å²) in [5.41, 5.74) is 1.17. The molecule has 0 spiro atoms. The Labute approximate surface area is 123 Å². The van der Waals surface area contributed by atoms with Crippen molar-refractivity contribution < 1.29 is 15.0 Å². The summed E-state index contributed by atoms with van der Waals surface area (Å²) in [6, 6.07) is 3.68. The minimum Gasteiger partial charge on any atom is -0.481 e. The summed E-state index contributed by atoms with van der Waals surface area (Å²) in [5.74, 6) is -0.891. The Balaban J connectivity index is 2.38. The van der Waals surface area contributed by atoms with Gasteiger partial charge in [-0.2, -0.15) is 0 Å². The highest BCUT2D eigenvalue weighted by Crippen LogP contribution is 2.21. The lowest BCUT2D eigenvalue weighted by Gasteiger charge is -2.12. The van der Waals surface area contributed by atoms with Crippen molar-refractivity contribution in [2.24, 2.45) is 5.41 Å². The summed E-state index contributed by atoms with van der Waals surface area (Å²) in [6.45, 7) is 4.93. The number of pyridine rings is 2. The van der Waals surface area contributed by atoms with E-state index in [0.717, 1.165) is 16.5 Å². The third kappa shape index (κ3) is 3.44. The summed E-state index contributed by atoms with van der Waals surface area (Å²) in [6.07, 6.45) is 5.96. The Morgan fingerprint density at radius 2 is 2.00 bits per heavy atom. The number of nitrogens with zero attached hydrogens (tertiary/aromatic N) is 2. The van der Waals surface area contributed by atoms with E-state index in [0.29, 0.717) is 5.69 Å². The molecule has 0 aliphatic rings. The molecule has 2 N–H and O–H groups in total. The first-order valence-electron chi connectivity index (χ1n) is 6.66. The van der Waals surface area contributed by atoms with E-state index in [1.165, 1.54) is 0 Å². The van der Waals surface area contributed by atoms with Gasteiger partial charge in [0.15, 0.2) is 0 Å².